The maximum absolute atomic E-state index is 12.2. The largest absolute Gasteiger partial charge is 0.480 e. The highest BCUT2D eigenvalue weighted by molar-refractivity contribution is 7.13. The van der Waals surface area contributed by atoms with Gasteiger partial charge in [-0.25, -0.2) is 9.78 Å². The molecule has 2 aromatic rings. The molecule has 0 bridgehead atoms. The van der Waals surface area contributed by atoms with E-state index in [2.05, 4.69) is 27.3 Å². The number of hydrogen-bond acceptors (Lipinski definition) is 6. The summed E-state index contributed by atoms with van der Waals surface area (Å²) in [6.45, 7) is 6.21. The van der Waals surface area contributed by atoms with E-state index in [9.17, 15) is 14.7 Å². The van der Waals surface area contributed by atoms with Crippen LogP contribution in [0.4, 0.5) is 0 Å². The molecule has 2 heterocycles. The van der Waals surface area contributed by atoms with Crippen LogP contribution < -0.4 is 5.32 Å². The zero-order valence-corrected chi connectivity index (χ0v) is 17.4. The number of rotatable bonds is 9. The number of aromatic nitrogens is 1. The Bertz CT molecular complexity index is 833. The second-order valence-electron chi connectivity index (χ2n) is 7.16. The average Bonchev–Trinajstić information content (AvgIpc) is 3.17. The average molecular weight is 418 g/mol. The van der Waals surface area contributed by atoms with Crippen LogP contribution in [-0.2, 0) is 27.3 Å². The Hall–Kier alpha value is -2.29. The number of ether oxygens (including phenoxy) is 1. The van der Waals surface area contributed by atoms with Crippen LogP contribution in [0.15, 0.2) is 29.6 Å². The molecular weight excluding hydrogens is 390 g/mol. The molecule has 0 spiro atoms. The smallest absolute Gasteiger partial charge is 0.326 e. The van der Waals surface area contributed by atoms with E-state index >= 15 is 0 Å². The van der Waals surface area contributed by atoms with Crippen molar-refractivity contribution in [3.63, 3.8) is 0 Å². The molecule has 156 valence electrons. The van der Waals surface area contributed by atoms with E-state index in [1.54, 1.807) is 0 Å². The van der Waals surface area contributed by atoms with E-state index in [0.29, 0.717) is 18.5 Å². The molecule has 3 rings (SSSR count). The van der Waals surface area contributed by atoms with E-state index in [-0.39, 0.29) is 12.3 Å². The van der Waals surface area contributed by atoms with Crippen molar-refractivity contribution >= 4 is 23.2 Å². The minimum Gasteiger partial charge on any atom is -0.480 e. The van der Waals surface area contributed by atoms with Crippen LogP contribution in [0.25, 0.3) is 10.6 Å². The van der Waals surface area contributed by atoms with Gasteiger partial charge in [-0.05, 0) is 18.1 Å². The van der Waals surface area contributed by atoms with E-state index in [1.165, 1.54) is 16.9 Å². The minimum atomic E-state index is -1.00. The first-order valence-electron chi connectivity index (χ1n) is 9.91. The highest BCUT2D eigenvalue weighted by Gasteiger charge is 2.19. The van der Waals surface area contributed by atoms with Gasteiger partial charge in [-0.2, -0.15) is 0 Å². The van der Waals surface area contributed by atoms with Crippen molar-refractivity contribution in [2.24, 2.45) is 0 Å². The third kappa shape index (κ3) is 6.35. The predicted molar refractivity (Wildman–Crippen MR) is 112 cm³/mol. The summed E-state index contributed by atoms with van der Waals surface area (Å²) in [4.78, 5) is 30.4. The second-order valence-corrected chi connectivity index (χ2v) is 8.01. The summed E-state index contributed by atoms with van der Waals surface area (Å²) in [5.74, 6) is -1.32. The summed E-state index contributed by atoms with van der Waals surface area (Å²) < 4.78 is 5.40. The summed E-state index contributed by atoms with van der Waals surface area (Å²) in [6, 6.07) is 7.46. The van der Waals surface area contributed by atoms with Crippen molar-refractivity contribution in [3.05, 3.63) is 40.9 Å². The summed E-state index contributed by atoms with van der Waals surface area (Å²) in [5.41, 5.74) is 2.91. The number of benzene rings is 1. The van der Waals surface area contributed by atoms with Crippen LogP contribution in [0, 0.1) is 0 Å². The number of carboxylic acids is 1. The number of carbonyl (C=O) groups is 2. The first-order chi connectivity index (χ1) is 14.0. The van der Waals surface area contributed by atoms with E-state index < -0.39 is 12.0 Å². The highest BCUT2D eigenvalue weighted by Crippen LogP contribution is 2.25. The minimum absolute atomic E-state index is 0.0808. The lowest BCUT2D eigenvalue weighted by Gasteiger charge is -2.26. The van der Waals surface area contributed by atoms with Gasteiger partial charge in [0, 0.05) is 30.6 Å². The third-order valence-electron chi connectivity index (χ3n) is 4.79. The number of morpholine rings is 1. The molecule has 1 aromatic heterocycles. The number of carbonyl (C=O) groups excluding carboxylic acids is 1. The molecule has 2 N–H and O–H groups in total. The lowest BCUT2D eigenvalue weighted by atomic mass is 10.1. The zero-order valence-electron chi connectivity index (χ0n) is 16.6. The van der Waals surface area contributed by atoms with E-state index in [1.807, 2.05) is 24.4 Å². The Morgan fingerprint density at radius 3 is 2.86 bits per heavy atom. The second kappa shape index (κ2) is 10.5. The molecule has 1 fully saturated rings. The molecule has 0 saturated carbocycles. The summed E-state index contributed by atoms with van der Waals surface area (Å²) in [7, 11) is 0. The molecule has 7 nitrogen and oxygen atoms in total. The number of aliphatic carboxylic acids is 1. The summed E-state index contributed by atoms with van der Waals surface area (Å²) in [6.07, 6.45) is 1.19. The zero-order chi connectivity index (χ0) is 20.6. The van der Waals surface area contributed by atoms with Crippen LogP contribution >= 0.6 is 11.3 Å². The van der Waals surface area contributed by atoms with Gasteiger partial charge in [0.05, 0.1) is 25.3 Å². The van der Waals surface area contributed by atoms with Gasteiger partial charge in [-0.3, -0.25) is 9.69 Å². The number of nitrogens with one attached hydrogen (secondary N) is 1. The van der Waals surface area contributed by atoms with Crippen molar-refractivity contribution in [1.82, 2.24) is 15.2 Å². The summed E-state index contributed by atoms with van der Waals surface area (Å²) >= 11 is 1.49. The first-order valence-corrected chi connectivity index (χ1v) is 10.8. The van der Waals surface area contributed by atoms with Crippen molar-refractivity contribution < 1.29 is 19.4 Å². The standard InChI is InChI=1S/C21H27N3O4S/c1-2-4-18(21(26)27)23-19(25)12-17-14-29-20(22-17)16-6-3-5-15(11-16)13-24-7-9-28-10-8-24/h3,5-6,11,14,18H,2,4,7-10,12-13H2,1H3,(H,23,25)(H,26,27). The third-order valence-corrected chi connectivity index (χ3v) is 5.73. The van der Waals surface area contributed by atoms with Crippen LogP contribution in [-0.4, -0.2) is 59.2 Å². The Kier molecular flexibility index (Phi) is 7.74. The van der Waals surface area contributed by atoms with Gasteiger partial charge < -0.3 is 15.2 Å². The molecule has 8 heteroatoms. The first kappa shape index (κ1) is 21.4. The van der Waals surface area contributed by atoms with Crippen LogP contribution in [0.1, 0.15) is 31.0 Å². The van der Waals surface area contributed by atoms with E-state index in [0.717, 1.165) is 43.4 Å². The van der Waals surface area contributed by atoms with Crippen molar-refractivity contribution in [2.45, 2.75) is 38.8 Å². The van der Waals surface area contributed by atoms with E-state index in [4.69, 9.17) is 4.74 Å². The van der Waals surface area contributed by atoms with Gasteiger partial charge in [0.1, 0.15) is 11.0 Å². The monoisotopic (exact) mass is 417 g/mol. The molecule has 1 amide bonds. The van der Waals surface area contributed by atoms with Crippen molar-refractivity contribution in [2.75, 3.05) is 26.3 Å². The fourth-order valence-corrected chi connectivity index (χ4v) is 4.11. The molecule has 1 aliphatic rings. The molecule has 29 heavy (non-hydrogen) atoms. The predicted octanol–water partition coefficient (Wildman–Crippen LogP) is 2.55. The molecule has 1 saturated heterocycles. The van der Waals surface area contributed by atoms with Crippen molar-refractivity contribution in [1.29, 1.82) is 0 Å². The van der Waals surface area contributed by atoms with Gasteiger partial charge >= 0.3 is 5.97 Å². The van der Waals surface area contributed by atoms with Crippen LogP contribution in [0.3, 0.4) is 0 Å². The molecule has 1 unspecified atom stereocenters. The SMILES string of the molecule is CCCC(NC(=O)Cc1csc(-c2cccc(CN3CCOCC3)c2)n1)C(=O)O. The fourth-order valence-electron chi connectivity index (χ4n) is 3.30. The Morgan fingerprint density at radius 1 is 1.34 bits per heavy atom. The fraction of sp³-hybridized carbons (Fsp3) is 0.476. The molecule has 0 radical (unpaired) electrons. The number of thiazole rings is 1. The van der Waals surface area contributed by atoms with Gasteiger partial charge in [0.2, 0.25) is 5.91 Å². The lowest BCUT2D eigenvalue weighted by molar-refractivity contribution is -0.141. The normalized spacial score (nSPS) is 15.8. The number of nitrogens with zero attached hydrogens (tertiary/aromatic N) is 2. The molecular formula is C21H27N3O4S. The van der Waals surface area contributed by atoms with Gasteiger partial charge in [-0.1, -0.05) is 31.5 Å². The van der Waals surface area contributed by atoms with Crippen molar-refractivity contribution in [3.8, 4) is 10.6 Å². The van der Waals surface area contributed by atoms with Gasteiger partial charge in [0.25, 0.3) is 0 Å². The topological polar surface area (TPSA) is 91.8 Å². The molecule has 1 aromatic carbocycles. The number of hydrogen-bond donors (Lipinski definition) is 2. The maximum atomic E-state index is 12.2. The van der Waals surface area contributed by atoms with Crippen LogP contribution in [0.2, 0.25) is 0 Å². The Labute approximate surface area is 174 Å². The van der Waals surface area contributed by atoms with Gasteiger partial charge in [-0.15, -0.1) is 11.3 Å². The number of carboxylic acid groups (broad SMARTS) is 1. The molecule has 0 aliphatic carbocycles. The molecule has 1 aliphatic heterocycles. The maximum Gasteiger partial charge on any atom is 0.326 e. The Morgan fingerprint density at radius 2 is 2.14 bits per heavy atom. The summed E-state index contributed by atoms with van der Waals surface area (Å²) in [5, 5.41) is 14.5. The highest BCUT2D eigenvalue weighted by atomic mass is 32.1. The Balaban J connectivity index is 1.61. The van der Waals surface area contributed by atoms with Crippen LogP contribution in [0.5, 0.6) is 0 Å². The lowest BCUT2D eigenvalue weighted by Crippen LogP contribution is -2.41. The van der Waals surface area contributed by atoms with Gasteiger partial charge in [0.15, 0.2) is 0 Å². The number of amides is 1. The quantitative estimate of drug-likeness (QED) is 0.652. The molecule has 1 atom stereocenters.